The summed E-state index contributed by atoms with van der Waals surface area (Å²) < 4.78 is 0. The van der Waals surface area contributed by atoms with E-state index in [0.717, 1.165) is 32.3 Å². The summed E-state index contributed by atoms with van der Waals surface area (Å²) in [4.78, 5) is 12.7. The highest BCUT2D eigenvalue weighted by Crippen LogP contribution is 2.18. The number of carbonyl (C=O) groups excluding carboxylic acids is 1. The predicted molar refractivity (Wildman–Crippen MR) is 85.2 cm³/mol. The Morgan fingerprint density at radius 1 is 1.05 bits per heavy atom. The van der Waals surface area contributed by atoms with E-state index >= 15 is 0 Å². The largest absolute Gasteiger partial charge is 0.371 e. The summed E-state index contributed by atoms with van der Waals surface area (Å²) in [5.74, 6) is 0. The Bertz CT molecular complexity index is 447. The number of amides is 1. The lowest BCUT2D eigenvalue weighted by Gasteiger charge is -2.33. The number of rotatable bonds is 3. The first-order valence-corrected chi connectivity index (χ1v) is 7.81. The van der Waals surface area contributed by atoms with Gasteiger partial charge in [0.25, 0.3) is 0 Å². The van der Waals surface area contributed by atoms with E-state index in [2.05, 4.69) is 34.5 Å². The standard InChI is InChI=1S/C12H16N2O.C4H4S/c15-10-13-11-6-8-14(9-7-11)12-4-2-1-3-5-12;1-2-4-5-3-1/h1-5,10-11H,6-9H2,(H,13,15);1-4H. The summed E-state index contributed by atoms with van der Waals surface area (Å²) in [6.07, 6.45) is 2.88. The van der Waals surface area contributed by atoms with Gasteiger partial charge in [-0.1, -0.05) is 30.3 Å². The van der Waals surface area contributed by atoms with Crippen molar-refractivity contribution >= 4 is 23.4 Å². The third kappa shape index (κ3) is 4.70. The summed E-state index contributed by atoms with van der Waals surface area (Å²) in [5.41, 5.74) is 1.28. The summed E-state index contributed by atoms with van der Waals surface area (Å²) >= 11 is 1.71. The second-order valence-electron chi connectivity index (χ2n) is 4.67. The highest BCUT2D eigenvalue weighted by Gasteiger charge is 2.18. The topological polar surface area (TPSA) is 32.3 Å². The van der Waals surface area contributed by atoms with Gasteiger partial charge in [0.1, 0.15) is 0 Å². The van der Waals surface area contributed by atoms with Gasteiger partial charge in [-0.05, 0) is 35.7 Å². The van der Waals surface area contributed by atoms with Gasteiger partial charge < -0.3 is 10.2 Å². The zero-order chi connectivity index (χ0) is 14.0. The molecular weight excluding hydrogens is 268 g/mol. The molecule has 4 heteroatoms. The minimum atomic E-state index is 0.363. The number of anilines is 1. The molecule has 1 aliphatic rings. The molecule has 0 bridgehead atoms. The molecule has 3 rings (SSSR count). The van der Waals surface area contributed by atoms with E-state index in [-0.39, 0.29) is 0 Å². The molecule has 20 heavy (non-hydrogen) atoms. The van der Waals surface area contributed by atoms with Gasteiger partial charge in [0.15, 0.2) is 0 Å². The molecule has 1 aliphatic heterocycles. The van der Waals surface area contributed by atoms with Gasteiger partial charge in [0, 0.05) is 24.8 Å². The molecule has 2 aromatic rings. The van der Waals surface area contributed by atoms with E-state index in [9.17, 15) is 4.79 Å². The predicted octanol–water partition coefficient (Wildman–Crippen LogP) is 3.15. The van der Waals surface area contributed by atoms with E-state index in [4.69, 9.17) is 0 Å². The van der Waals surface area contributed by atoms with Crippen molar-refractivity contribution in [2.24, 2.45) is 0 Å². The molecule has 1 aromatic heterocycles. The van der Waals surface area contributed by atoms with Crippen LogP contribution in [0.2, 0.25) is 0 Å². The molecule has 0 unspecified atom stereocenters. The van der Waals surface area contributed by atoms with Crippen LogP contribution in [-0.4, -0.2) is 25.5 Å². The van der Waals surface area contributed by atoms with E-state index < -0.39 is 0 Å². The second kappa shape index (κ2) is 8.38. The van der Waals surface area contributed by atoms with Crippen molar-refractivity contribution in [1.82, 2.24) is 5.32 Å². The number of thiophene rings is 1. The zero-order valence-corrected chi connectivity index (χ0v) is 12.3. The maximum absolute atomic E-state index is 10.3. The first-order chi connectivity index (χ1) is 9.90. The Hall–Kier alpha value is -1.81. The van der Waals surface area contributed by atoms with Crippen LogP contribution < -0.4 is 10.2 Å². The number of hydrogen-bond acceptors (Lipinski definition) is 3. The van der Waals surface area contributed by atoms with Crippen molar-refractivity contribution in [3.05, 3.63) is 53.2 Å². The van der Waals surface area contributed by atoms with Crippen LogP contribution in [0.1, 0.15) is 12.8 Å². The fourth-order valence-corrected chi connectivity index (χ4v) is 2.72. The molecule has 1 aromatic carbocycles. The van der Waals surface area contributed by atoms with Gasteiger partial charge in [0.2, 0.25) is 6.41 Å². The first kappa shape index (κ1) is 14.6. The molecule has 3 nitrogen and oxygen atoms in total. The fraction of sp³-hybridized carbons (Fsp3) is 0.312. The van der Waals surface area contributed by atoms with Crippen molar-refractivity contribution in [2.75, 3.05) is 18.0 Å². The van der Waals surface area contributed by atoms with Crippen LogP contribution in [0, 0.1) is 0 Å². The third-order valence-corrected chi connectivity index (χ3v) is 3.97. The molecule has 106 valence electrons. The number of nitrogens with zero attached hydrogens (tertiary/aromatic N) is 1. The monoisotopic (exact) mass is 288 g/mol. The molecule has 0 aliphatic carbocycles. The number of para-hydroxylation sites is 1. The smallest absolute Gasteiger partial charge is 0.207 e. The first-order valence-electron chi connectivity index (χ1n) is 6.87. The van der Waals surface area contributed by atoms with Gasteiger partial charge in [-0.15, -0.1) is 0 Å². The van der Waals surface area contributed by atoms with Crippen LogP contribution in [0.25, 0.3) is 0 Å². The third-order valence-electron chi connectivity index (χ3n) is 3.35. The highest BCUT2D eigenvalue weighted by atomic mass is 32.1. The normalized spacial score (nSPS) is 15.1. The summed E-state index contributed by atoms with van der Waals surface area (Å²) in [7, 11) is 0. The Kier molecular flexibility index (Phi) is 6.11. The van der Waals surface area contributed by atoms with Crippen molar-refractivity contribution in [2.45, 2.75) is 18.9 Å². The molecular formula is C16H20N2OS. The Balaban J connectivity index is 0.000000247. The number of nitrogens with one attached hydrogen (secondary N) is 1. The number of carbonyl (C=O) groups is 1. The fourth-order valence-electron chi connectivity index (χ4n) is 2.27. The van der Waals surface area contributed by atoms with E-state index in [1.165, 1.54) is 5.69 Å². The van der Waals surface area contributed by atoms with Crippen LogP contribution in [0.15, 0.2) is 53.2 Å². The van der Waals surface area contributed by atoms with Gasteiger partial charge in [-0.25, -0.2) is 0 Å². The van der Waals surface area contributed by atoms with E-state index in [1.54, 1.807) is 11.3 Å². The average Bonchev–Trinajstić information content (AvgIpc) is 3.09. The van der Waals surface area contributed by atoms with Crippen LogP contribution in [0.4, 0.5) is 5.69 Å². The molecule has 1 saturated heterocycles. The molecule has 0 atom stereocenters. The molecule has 0 radical (unpaired) electrons. The second-order valence-corrected chi connectivity index (χ2v) is 5.49. The summed E-state index contributed by atoms with van der Waals surface area (Å²) in [6.45, 7) is 2.05. The Morgan fingerprint density at radius 2 is 1.70 bits per heavy atom. The summed E-state index contributed by atoms with van der Waals surface area (Å²) in [6, 6.07) is 14.8. The van der Waals surface area contributed by atoms with Crippen molar-refractivity contribution in [3.63, 3.8) is 0 Å². The van der Waals surface area contributed by atoms with Crippen LogP contribution in [-0.2, 0) is 4.79 Å². The van der Waals surface area contributed by atoms with Gasteiger partial charge in [0.05, 0.1) is 0 Å². The maximum Gasteiger partial charge on any atom is 0.207 e. The molecule has 2 heterocycles. The quantitative estimate of drug-likeness (QED) is 0.880. The zero-order valence-electron chi connectivity index (χ0n) is 11.4. The average molecular weight is 288 g/mol. The molecule has 1 amide bonds. The van der Waals surface area contributed by atoms with Crippen molar-refractivity contribution in [3.8, 4) is 0 Å². The lowest BCUT2D eigenvalue weighted by molar-refractivity contribution is -0.110. The SMILES string of the molecule is O=CNC1CCN(c2ccccc2)CC1.c1ccsc1. The number of benzene rings is 1. The van der Waals surface area contributed by atoms with E-state index in [1.807, 2.05) is 29.0 Å². The van der Waals surface area contributed by atoms with Crippen LogP contribution >= 0.6 is 11.3 Å². The lowest BCUT2D eigenvalue weighted by Crippen LogP contribution is -2.42. The van der Waals surface area contributed by atoms with Crippen LogP contribution in [0.5, 0.6) is 0 Å². The van der Waals surface area contributed by atoms with Crippen molar-refractivity contribution in [1.29, 1.82) is 0 Å². The minimum Gasteiger partial charge on any atom is -0.371 e. The molecule has 0 saturated carbocycles. The number of piperidine rings is 1. The lowest BCUT2D eigenvalue weighted by atomic mass is 10.0. The van der Waals surface area contributed by atoms with Gasteiger partial charge in [-0.3, -0.25) is 4.79 Å². The summed E-state index contributed by atoms with van der Waals surface area (Å²) in [5, 5.41) is 6.93. The maximum atomic E-state index is 10.3. The van der Waals surface area contributed by atoms with Crippen molar-refractivity contribution < 1.29 is 4.79 Å². The molecule has 1 N–H and O–H groups in total. The number of hydrogen-bond donors (Lipinski definition) is 1. The highest BCUT2D eigenvalue weighted by molar-refractivity contribution is 7.07. The van der Waals surface area contributed by atoms with Gasteiger partial charge >= 0.3 is 0 Å². The van der Waals surface area contributed by atoms with E-state index in [0.29, 0.717) is 6.04 Å². The molecule has 0 spiro atoms. The van der Waals surface area contributed by atoms with Gasteiger partial charge in [-0.2, -0.15) is 11.3 Å². The van der Waals surface area contributed by atoms with Crippen LogP contribution in [0.3, 0.4) is 0 Å². The Morgan fingerprint density at radius 3 is 2.20 bits per heavy atom. The molecule has 1 fully saturated rings. The Labute approximate surface area is 124 Å². The minimum absolute atomic E-state index is 0.363.